The van der Waals surface area contributed by atoms with E-state index in [0.29, 0.717) is 11.8 Å². The van der Waals surface area contributed by atoms with Crippen LogP contribution in [0.1, 0.15) is 56.2 Å². The van der Waals surface area contributed by atoms with Crippen LogP contribution in [0.5, 0.6) is 0 Å². The van der Waals surface area contributed by atoms with Crippen LogP contribution in [0, 0.1) is 20.4 Å². The number of hydrogen-bond acceptors (Lipinski definition) is 0. The standard InChI is InChI=1S/C16H21.C6H5.CH3.2ClH.H3Si.Zr/c1-10(2)13-8-14-6-12(5)7-16(14)15(9-13)11(3)4;1-2-4-6-5-3-1;;;;;/h6-11H,1-5H3;1-5H;1H3;2*1H;1H3;/q3*-1;;;;+3. The molecule has 0 atom stereocenters. The minimum absolute atomic E-state index is 0. The fourth-order valence-electron chi connectivity index (χ4n) is 2.68. The largest absolute Gasteiger partial charge is 3.00 e. The van der Waals surface area contributed by atoms with Crippen molar-refractivity contribution in [2.24, 2.45) is 0 Å². The van der Waals surface area contributed by atoms with Gasteiger partial charge in [-0.1, -0.05) is 51.8 Å². The maximum absolute atomic E-state index is 2.89. The quantitative estimate of drug-likeness (QED) is 0.271. The molecule has 27 heavy (non-hydrogen) atoms. The normalized spacial score (nSPS) is 8.85. The van der Waals surface area contributed by atoms with Crippen LogP contribution in [0.15, 0.2) is 54.6 Å². The molecule has 0 amide bonds. The van der Waals surface area contributed by atoms with E-state index in [0.717, 1.165) is 0 Å². The summed E-state index contributed by atoms with van der Waals surface area (Å²) in [6, 6.07) is 21.8. The molecule has 0 saturated heterocycles. The topological polar surface area (TPSA) is 0 Å². The number of halogens is 2. The van der Waals surface area contributed by atoms with Crippen LogP contribution in [0.3, 0.4) is 0 Å². The maximum atomic E-state index is 2.89. The minimum Gasteiger partial charge on any atom is -0.358 e. The van der Waals surface area contributed by atoms with E-state index in [2.05, 4.69) is 65.0 Å². The molecule has 0 unspecified atom stereocenters. The molecule has 2 radical (unpaired) electrons. The summed E-state index contributed by atoms with van der Waals surface area (Å²) >= 11 is 0. The predicted molar refractivity (Wildman–Crippen MR) is 129 cm³/mol. The van der Waals surface area contributed by atoms with E-state index in [9.17, 15) is 0 Å². The zero-order chi connectivity index (χ0) is 16.1. The van der Waals surface area contributed by atoms with Gasteiger partial charge in [0.05, 0.1) is 0 Å². The van der Waals surface area contributed by atoms with E-state index in [1.165, 1.54) is 27.5 Å². The van der Waals surface area contributed by atoms with Crippen LogP contribution in [-0.2, 0) is 26.2 Å². The molecule has 3 aromatic rings. The molecule has 0 bridgehead atoms. The van der Waals surface area contributed by atoms with E-state index in [-0.39, 0.29) is 69.4 Å². The second kappa shape index (κ2) is 16.7. The van der Waals surface area contributed by atoms with E-state index in [1.807, 2.05) is 30.3 Å². The second-order valence-electron chi connectivity index (χ2n) is 6.53. The van der Waals surface area contributed by atoms with Gasteiger partial charge in [0.1, 0.15) is 0 Å². The van der Waals surface area contributed by atoms with Crippen LogP contribution in [-0.4, -0.2) is 11.0 Å². The van der Waals surface area contributed by atoms with Crippen LogP contribution < -0.4 is 0 Å². The third-order valence-corrected chi connectivity index (χ3v) is 3.92. The van der Waals surface area contributed by atoms with Gasteiger partial charge in [-0.3, -0.25) is 0 Å². The molecule has 0 N–H and O–H groups in total. The summed E-state index contributed by atoms with van der Waals surface area (Å²) in [6.45, 7) is 11.3. The van der Waals surface area contributed by atoms with Gasteiger partial charge < -0.3 is 7.43 Å². The van der Waals surface area contributed by atoms with E-state index < -0.39 is 0 Å². The first-order valence-electron chi connectivity index (χ1n) is 8.11. The number of fused-ring (bicyclic) bond motifs is 1. The number of aryl methyl sites for hydroxylation is 1. The van der Waals surface area contributed by atoms with Crippen molar-refractivity contribution in [1.82, 2.24) is 0 Å². The van der Waals surface area contributed by atoms with Crippen LogP contribution in [0.4, 0.5) is 0 Å². The number of benzene rings is 2. The predicted octanol–water partition coefficient (Wildman–Crippen LogP) is 6.71. The summed E-state index contributed by atoms with van der Waals surface area (Å²) in [7, 11) is 0. The molecule has 0 aliphatic heterocycles. The molecule has 0 aliphatic rings. The van der Waals surface area contributed by atoms with Crippen molar-refractivity contribution in [3.8, 4) is 0 Å². The molecule has 3 rings (SSSR count). The Kier molecular flexibility index (Phi) is 21.1. The summed E-state index contributed by atoms with van der Waals surface area (Å²) in [4.78, 5) is 0. The van der Waals surface area contributed by atoms with Crippen LogP contribution in [0.25, 0.3) is 10.8 Å². The molecule has 0 fully saturated rings. The Hall–Kier alpha value is -0.270. The molecule has 0 heterocycles. The van der Waals surface area contributed by atoms with Crippen molar-refractivity contribution in [3.63, 3.8) is 0 Å². The first-order valence-corrected chi connectivity index (χ1v) is 8.11. The fourth-order valence-corrected chi connectivity index (χ4v) is 2.68. The molecule has 0 nitrogen and oxygen atoms in total. The molecule has 3 aromatic carbocycles. The fraction of sp³-hybridized carbons (Fsp3) is 0.304. The smallest absolute Gasteiger partial charge is 0.358 e. The number of rotatable bonds is 2. The van der Waals surface area contributed by atoms with Gasteiger partial charge in [0, 0.05) is 0 Å². The van der Waals surface area contributed by atoms with Gasteiger partial charge >= 0.3 is 26.2 Å². The Morgan fingerprint density at radius 1 is 0.852 bits per heavy atom. The first-order chi connectivity index (χ1) is 10.5. The molecule has 0 aliphatic carbocycles. The van der Waals surface area contributed by atoms with Crippen molar-refractivity contribution in [2.45, 2.75) is 46.5 Å². The monoisotopic (exact) mass is 498 g/mol. The Morgan fingerprint density at radius 3 is 1.78 bits per heavy atom. The van der Waals surface area contributed by atoms with Gasteiger partial charge in [-0.25, -0.2) is 0 Å². The average Bonchev–Trinajstić information content (AvgIpc) is 2.88. The van der Waals surface area contributed by atoms with Gasteiger partial charge in [0.25, 0.3) is 0 Å². The van der Waals surface area contributed by atoms with Crippen LogP contribution in [0.2, 0.25) is 0 Å². The van der Waals surface area contributed by atoms with Crippen LogP contribution >= 0.6 is 24.8 Å². The van der Waals surface area contributed by atoms with Gasteiger partial charge in [-0.05, 0) is 22.8 Å². The first kappa shape index (κ1) is 34.3. The molecule has 0 saturated carbocycles. The summed E-state index contributed by atoms with van der Waals surface area (Å²) in [5, 5.41) is 2.85. The third kappa shape index (κ3) is 10.2. The van der Waals surface area contributed by atoms with Crippen molar-refractivity contribution in [2.75, 3.05) is 0 Å². The Labute approximate surface area is 202 Å². The molecule has 0 spiro atoms. The van der Waals surface area contributed by atoms with Crippen molar-refractivity contribution < 1.29 is 26.2 Å². The maximum Gasteiger partial charge on any atom is 3.00 e. The molecular formula is C23H34Cl2SiZr. The zero-order valence-corrected chi connectivity index (χ0v) is 23.8. The van der Waals surface area contributed by atoms with E-state index in [1.54, 1.807) is 0 Å². The molecular weight excluding hydrogens is 466 g/mol. The Bertz CT molecular complexity index is 695. The summed E-state index contributed by atoms with van der Waals surface area (Å²) < 4.78 is 0. The Morgan fingerprint density at radius 2 is 1.41 bits per heavy atom. The van der Waals surface area contributed by atoms with Gasteiger partial charge in [0.2, 0.25) is 0 Å². The van der Waals surface area contributed by atoms with Crippen molar-refractivity contribution >= 4 is 46.6 Å². The minimum atomic E-state index is 0. The van der Waals surface area contributed by atoms with Crippen molar-refractivity contribution in [1.29, 1.82) is 0 Å². The van der Waals surface area contributed by atoms with E-state index >= 15 is 0 Å². The summed E-state index contributed by atoms with van der Waals surface area (Å²) in [5.74, 6) is 1.21. The van der Waals surface area contributed by atoms with E-state index in [4.69, 9.17) is 0 Å². The zero-order valence-electron chi connectivity index (χ0n) is 17.7. The van der Waals surface area contributed by atoms with Crippen molar-refractivity contribution in [3.05, 3.63) is 84.8 Å². The summed E-state index contributed by atoms with van der Waals surface area (Å²) in [5.41, 5.74) is 4.33. The summed E-state index contributed by atoms with van der Waals surface area (Å²) in [6.07, 6.45) is 0. The van der Waals surface area contributed by atoms with Gasteiger partial charge in [0.15, 0.2) is 0 Å². The van der Waals surface area contributed by atoms with Gasteiger partial charge in [-0.2, -0.15) is 42.5 Å². The average molecular weight is 501 g/mol. The number of hydrogen-bond donors (Lipinski definition) is 0. The third-order valence-electron chi connectivity index (χ3n) is 3.92. The SMILES string of the molecule is Cc1cc2c(C(C)C)cc(C(C)C)cc2[cH-]1.Cl.Cl.[CH3-].[SiH3].[Zr+3].[c-]1ccccc1. The molecule has 4 heteroatoms. The molecule has 0 aromatic heterocycles. The van der Waals surface area contributed by atoms with Gasteiger partial charge in [-0.15, -0.1) is 53.3 Å². The Balaban J connectivity index is -0.000000211. The molecule has 148 valence electrons. The second-order valence-corrected chi connectivity index (χ2v) is 6.53.